The number of hydrogen-bond acceptors (Lipinski definition) is 4. The smallest absolute Gasteiger partial charge is 0.131 e. The Kier molecular flexibility index (Phi) is 3.51. The van der Waals surface area contributed by atoms with Crippen LogP contribution >= 0.6 is 0 Å². The van der Waals surface area contributed by atoms with Gasteiger partial charge in [0.2, 0.25) is 0 Å². The first-order valence-electron chi connectivity index (χ1n) is 5.77. The van der Waals surface area contributed by atoms with Gasteiger partial charge < -0.3 is 9.84 Å². The van der Waals surface area contributed by atoms with Crippen molar-refractivity contribution in [3.8, 4) is 0 Å². The number of hydrogen-bond donors (Lipinski definition) is 1. The molecular formula is C12H18N2O2. The second-order valence-electron chi connectivity index (χ2n) is 4.33. The van der Waals surface area contributed by atoms with Gasteiger partial charge in [-0.25, -0.2) is 9.97 Å². The minimum absolute atomic E-state index is 0.412. The van der Waals surface area contributed by atoms with E-state index in [2.05, 4.69) is 9.97 Å². The van der Waals surface area contributed by atoms with Crippen LogP contribution in [0.5, 0.6) is 0 Å². The van der Waals surface area contributed by atoms with Crippen molar-refractivity contribution in [1.29, 1.82) is 0 Å². The Morgan fingerprint density at radius 1 is 1.44 bits per heavy atom. The number of nitrogens with zero attached hydrogens (tertiary/aromatic N) is 2. The first-order valence-corrected chi connectivity index (χ1v) is 5.77. The molecule has 0 aliphatic carbocycles. The molecule has 2 rings (SSSR count). The van der Waals surface area contributed by atoms with Crippen molar-refractivity contribution in [3.05, 3.63) is 23.3 Å². The Morgan fingerprint density at radius 3 is 2.69 bits per heavy atom. The molecule has 0 radical (unpaired) electrons. The summed E-state index contributed by atoms with van der Waals surface area (Å²) in [6.45, 7) is 5.25. The second kappa shape index (κ2) is 4.89. The van der Waals surface area contributed by atoms with Gasteiger partial charge in [-0.3, -0.25) is 0 Å². The van der Waals surface area contributed by atoms with Gasteiger partial charge in [0.25, 0.3) is 0 Å². The summed E-state index contributed by atoms with van der Waals surface area (Å²) in [6, 6.07) is 0. The van der Waals surface area contributed by atoms with Crippen LogP contribution in [0.1, 0.15) is 48.9 Å². The maximum atomic E-state index is 9.51. The monoisotopic (exact) mass is 222 g/mol. The molecule has 88 valence electrons. The Balaban J connectivity index is 2.19. The quantitative estimate of drug-likeness (QED) is 0.828. The number of aliphatic hydroxyl groups excluding tert-OH is 1. The zero-order chi connectivity index (χ0) is 11.5. The van der Waals surface area contributed by atoms with E-state index in [0.29, 0.717) is 5.92 Å². The van der Waals surface area contributed by atoms with Crippen LogP contribution in [0.2, 0.25) is 0 Å². The predicted octanol–water partition coefficient (Wildman–Crippen LogP) is 1.73. The van der Waals surface area contributed by atoms with Crippen LogP contribution in [0.4, 0.5) is 0 Å². The zero-order valence-corrected chi connectivity index (χ0v) is 9.81. The van der Waals surface area contributed by atoms with E-state index in [9.17, 15) is 5.11 Å². The summed E-state index contributed by atoms with van der Waals surface area (Å²) in [4.78, 5) is 8.85. The number of aromatic nitrogens is 2. The lowest BCUT2D eigenvalue weighted by atomic mass is 9.99. The third-order valence-electron chi connectivity index (χ3n) is 3.07. The van der Waals surface area contributed by atoms with Crippen LogP contribution in [-0.4, -0.2) is 28.3 Å². The van der Waals surface area contributed by atoms with E-state index in [1.165, 1.54) is 0 Å². The van der Waals surface area contributed by atoms with E-state index >= 15 is 0 Å². The Hall–Kier alpha value is -1.00. The van der Waals surface area contributed by atoms with Crippen LogP contribution in [0.15, 0.2) is 6.20 Å². The van der Waals surface area contributed by atoms with Crippen molar-refractivity contribution in [2.24, 2.45) is 0 Å². The van der Waals surface area contributed by atoms with Crippen LogP contribution in [0.25, 0.3) is 0 Å². The molecule has 0 amide bonds. The molecule has 1 aliphatic heterocycles. The van der Waals surface area contributed by atoms with E-state index in [1.54, 1.807) is 13.1 Å². The zero-order valence-electron chi connectivity index (χ0n) is 9.81. The van der Waals surface area contributed by atoms with Gasteiger partial charge in [-0.1, -0.05) is 0 Å². The average molecular weight is 222 g/mol. The fourth-order valence-electron chi connectivity index (χ4n) is 2.06. The summed E-state index contributed by atoms with van der Waals surface area (Å²) in [6.07, 6.45) is 3.24. The highest BCUT2D eigenvalue weighted by atomic mass is 16.5. The van der Waals surface area contributed by atoms with Crippen molar-refractivity contribution in [1.82, 2.24) is 9.97 Å². The number of aryl methyl sites for hydroxylation is 1. The molecule has 0 bridgehead atoms. The van der Waals surface area contributed by atoms with Gasteiger partial charge in [-0.2, -0.15) is 0 Å². The summed E-state index contributed by atoms with van der Waals surface area (Å²) in [5.74, 6) is 1.31. The first kappa shape index (κ1) is 11.5. The molecule has 1 aromatic rings. The Morgan fingerprint density at radius 2 is 2.12 bits per heavy atom. The van der Waals surface area contributed by atoms with Crippen molar-refractivity contribution in [2.75, 3.05) is 13.2 Å². The van der Waals surface area contributed by atoms with E-state index < -0.39 is 6.10 Å². The highest BCUT2D eigenvalue weighted by Crippen LogP contribution is 2.25. The second-order valence-corrected chi connectivity index (χ2v) is 4.33. The maximum absolute atomic E-state index is 9.51. The van der Waals surface area contributed by atoms with Gasteiger partial charge in [0.15, 0.2) is 0 Å². The molecule has 2 heterocycles. The summed E-state index contributed by atoms with van der Waals surface area (Å²) < 4.78 is 5.32. The molecule has 0 unspecified atom stereocenters. The van der Waals surface area contributed by atoms with E-state index in [-0.39, 0.29) is 0 Å². The van der Waals surface area contributed by atoms with E-state index in [4.69, 9.17) is 4.74 Å². The summed E-state index contributed by atoms with van der Waals surface area (Å²) >= 11 is 0. The average Bonchev–Trinajstić information content (AvgIpc) is 2.29. The molecule has 4 heteroatoms. The van der Waals surface area contributed by atoms with Gasteiger partial charge in [0, 0.05) is 36.6 Å². The van der Waals surface area contributed by atoms with Gasteiger partial charge in [0.05, 0.1) is 6.10 Å². The molecular weight excluding hydrogens is 204 g/mol. The molecule has 0 saturated carbocycles. The minimum atomic E-state index is -0.497. The highest BCUT2D eigenvalue weighted by molar-refractivity contribution is 5.19. The largest absolute Gasteiger partial charge is 0.389 e. The first-order chi connectivity index (χ1) is 7.68. The molecule has 1 N–H and O–H groups in total. The Bertz CT molecular complexity index is 360. The molecule has 1 saturated heterocycles. The van der Waals surface area contributed by atoms with Crippen LogP contribution in [0, 0.1) is 6.92 Å². The lowest BCUT2D eigenvalue weighted by Crippen LogP contribution is -2.17. The molecule has 1 aromatic heterocycles. The summed E-state index contributed by atoms with van der Waals surface area (Å²) in [5, 5.41) is 9.51. The standard InChI is InChI=1S/C12H18N2O2/c1-8-11(9(2)15)7-13-12(14-8)10-3-5-16-6-4-10/h7,9-10,15H,3-6H2,1-2H3/t9-/m0/s1. The third kappa shape index (κ3) is 2.39. The third-order valence-corrected chi connectivity index (χ3v) is 3.07. The number of rotatable bonds is 2. The summed E-state index contributed by atoms with van der Waals surface area (Å²) in [7, 11) is 0. The molecule has 16 heavy (non-hydrogen) atoms. The minimum Gasteiger partial charge on any atom is -0.389 e. The van der Waals surface area contributed by atoms with Gasteiger partial charge in [0.1, 0.15) is 5.82 Å². The van der Waals surface area contributed by atoms with Crippen LogP contribution in [-0.2, 0) is 4.74 Å². The van der Waals surface area contributed by atoms with Crippen LogP contribution < -0.4 is 0 Å². The number of ether oxygens (including phenoxy) is 1. The highest BCUT2D eigenvalue weighted by Gasteiger charge is 2.19. The van der Waals surface area contributed by atoms with Crippen molar-refractivity contribution < 1.29 is 9.84 Å². The van der Waals surface area contributed by atoms with E-state index in [0.717, 1.165) is 43.1 Å². The van der Waals surface area contributed by atoms with Crippen molar-refractivity contribution >= 4 is 0 Å². The topological polar surface area (TPSA) is 55.2 Å². The number of aliphatic hydroxyl groups is 1. The molecule has 1 aliphatic rings. The molecule has 4 nitrogen and oxygen atoms in total. The van der Waals surface area contributed by atoms with Gasteiger partial charge in [-0.05, 0) is 26.7 Å². The van der Waals surface area contributed by atoms with Gasteiger partial charge >= 0.3 is 0 Å². The predicted molar refractivity (Wildman–Crippen MR) is 60.2 cm³/mol. The van der Waals surface area contributed by atoms with Gasteiger partial charge in [-0.15, -0.1) is 0 Å². The van der Waals surface area contributed by atoms with Crippen molar-refractivity contribution in [3.63, 3.8) is 0 Å². The molecule has 1 atom stereocenters. The fourth-order valence-corrected chi connectivity index (χ4v) is 2.06. The molecule has 0 aromatic carbocycles. The normalized spacial score (nSPS) is 19.7. The maximum Gasteiger partial charge on any atom is 0.131 e. The fraction of sp³-hybridized carbons (Fsp3) is 0.667. The lowest BCUT2D eigenvalue weighted by Gasteiger charge is -2.21. The van der Waals surface area contributed by atoms with E-state index in [1.807, 2.05) is 6.92 Å². The Labute approximate surface area is 95.7 Å². The van der Waals surface area contributed by atoms with Crippen molar-refractivity contribution in [2.45, 2.75) is 38.7 Å². The van der Waals surface area contributed by atoms with Crippen LogP contribution in [0.3, 0.4) is 0 Å². The molecule has 1 fully saturated rings. The lowest BCUT2D eigenvalue weighted by molar-refractivity contribution is 0.0834. The molecule has 0 spiro atoms. The SMILES string of the molecule is Cc1nc(C2CCOCC2)ncc1[C@H](C)O. The summed E-state index contributed by atoms with van der Waals surface area (Å²) in [5.41, 5.74) is 1.70.